The van der Waals surface area contributed by atoms with Crippen LogP contribution in [0.15, 0.2) is 18.2 Å². The molecule has 1 aromatic carbocycles. The molecule has 4 nitrogen and oxygen atoms in total. The predicted molar refractivity (Wildman–Crippen MR) is 62.6 cm³/mol. The van der Waals surface area contributed by atoms with E-state index in [0.29, 0.717) is 19.8 Å². The van der Waals surface area contributed by atoms with Crippen LogP contribution >= 0.6 is 0 Å². The van der Waals surface area contributed by atoms with Crippen LogP contribution in [0.1, 0.15) is 24.4 Å². The van der Waals surface area contributed by atoms with E-state index in [0.717, 1.165) is 29.9 Å². The molecule has 0 bridgehead atoms. The van der Waals surface area contributed by atoms with Crippen LogP contribution in [0.25, 0.3) is 0 Å². The Bertz CT molecular complexity index is 355. The first-order valence-corrected chi connectivity index (χ1v) is 5.66. The fourth-order valence-electron chi connectivity index (χ4n) is 1.80. The van der Waals surface area contributed by atoms with Gasteiger partial charge in [-0.1, -0.05) is 6.07 Å². The molecule has 1 aliphatic heterocycles. The molecule has 4 N–H and O–H groups in total. The summed E-state index contributed by atoms with van der Waals surface area (Å²) >= 11 is 0. The minimum absolute atomic E-state index is 0.0272. The Balaban J connectivity index is 2.10. The molecule has 0 aliphatic carbocycles. The van der Waals surface area contributed by atoms with Crippen molar-refractivity contribution >= 4 is 0 Å². The standard InChI is InChI=1S/C12H18N2O2/c13-5-1-2-10(14)9-3-4-11-12(8-9)16-7-6-15-11/h3-4,8,10H,1-2,5-7,13-14H2. The molecule has 1 unspecified atom stereocenters. The number of hydrogen-bond acceptors (Lipinski definition) is 4. The van der Waals surface area contributed by atoms with Crippen molar-refractivity contribution < 1.29 is 9.47 Å². The van der Waals surface area contributed by atoms with Crippen molar-refractivity contribution in [2.24, 2.45) is 11.5 Å². The predicted octanol–water partition coefficient (Wildman–Crippen LogP) is 1.20. The van der Waals surface area contributed by atoms with Crippen LogP contribution in [0.2, 0.25) is 0 Å². The van der Waals surface area contributed by atoms with E-state index < -0.39 is 0 Å². The number of ether oxygens (including phenoxy) is 2. The molecule has 4 heteroatoms. The van der Waals surface area contributed by atoms with E-state index in [1.54, 1.807) is 0 Å². The van der Waals surface area contributed by atoms with Crippen LogP contribution in [0, 0.1) is 0 Å². The van der Waals surface area contributed by atoms with Gasteiger partial charge < -0.3 is 20.9 Å². The number of fused-ring (bicyclic) bond motifs is 1. The van der Waals surface area contributed by atoms with Crippen molar-refractivity contribution in [1.82, 2.24) is 0 Å². The lowest BCUT2D eigenvalue weighted by atomic mass is 10.0. The van der Waals surface area contributed by atoms with Crippen molar-refractivity contribution in [3.05, 3.63) is 23.8 Å². The lowest BCUT2D eigenvalue weighted by Gasteiger charge is -2.20. The molecule has 1 heterocycles. The smallest absolute Gasteiger partial charge is 0.161 e. The highest BCUT2D eigenvalue weighted by Gasteiger charge is 2.14. The Kier molecular flexibility index (Phi) is 3.64. The van der Waals surface area contributed by atoms with Gasteiger partial charge in [0.05, 0.1) is 0 Å². The van der Waals surface area contributed by atoms with Crippen molar-refractivity contribution in [2.45, 2.75) is 18.9 Å². The third-order valence-corrected chi connectivity index (χ3v) is 2.71. The Morgan fingerprint density at radius 2 is 1.94 bits per heavy atom. The van der Waals surface area contributed by atoms with Gasteiger partial charge in [0.25, 0.3) is 0 Å². The van der Waals surface area contributed by atoms with E-state index in [1.165, 1.54) is 0 Å². The topological polar surface area (TPSA) is 70.5 Å². The van der Waals surface area contributed by atoms with Gasteiger partial charge in [-0.25, -0.2) is 0 Å². The first-order valence-electron chi connectivity index (χ1n) is 5.66. The SMILES string of the molecule is NCCCC(N)c1ccc2c(c1)OCCO2. The molecule has 0 spiro atoms. The van der Waals surface area contributed by atoms with E-state index in [9.17, 15) is 0 Å². The molecule has 88 valence electrons. The summed E-state index contributed by atoms with van der Waals surface area (Å²) in [5, 5.41) is 0. The van der Waals surface area contributed by atoms with Crippen LogP contribution in [-0.4, -0.2) is 19.8 Å². The second kappa shape index (κ2) is 5.18. The van der Waals surface area contributed by atoms with Gasteiger partial charge in [-0.2, -0.15) is 0 Å². The van der Waals surface area contributed by atoms with E-state index in [1.807, 2.05) is 18.2 Å². The van der Waals surface area contributed by atoms with Crippen LogP contribution in [0.4, 0.5) is 0 Å². The van der Waals surface area contributed by atoms with Gasteiger partial charge in [-0.15, -0.1) is 0 Å². The van der Waals surface area contributed by atoms with Gasteiger partial charge in [-0.3, -0.25) is 0 Å². The molecule has 1 aromatic rings. The first-order chi connectivity index (χ1) is 7.81. The van der Waals surface area contributed by atoms with Crippen LogP contribution in [0.5, 0.6) is 11.5 Å². The second-order valence-corrected chi connectivity index (χ2v) is 3.94. The molecule has 16 heavy (non-hydrogen) atoms. The largest absolute Gasteiger partial charge is 0.486 e. The quantitative estimate of drug-likeness (QED) is 0.803. The first kappa shape index (κ1) is 11.2. The summed E-state index contributed by atoms with van der Waals surface area (Å²) in [7, 11) is 0. The fraction of sp³-hybridized carbons (Fsp3) is 0.500. The summed E-state index contributed by atoms with van der Waals surface area (Å²) < 4.78 is 11.0. The molecule has 0 radical (unpaired) electrons. The average molecular weight is 222 g/mol. The molecular weight excluding hydrogens is 204 g/mol. The van der Waals surface area contributed by atoms with Gasteiger partial charge in [-0.05, 0) is 37.1 Å². The van der Waals surface area contributed by atoms with Crippen molar-refractivity contribution in [3.63, 3.8) is 0 Å². The zero-order valence-corrected chi connectivity index (χ0v) is 9.32. The Morgan fingerprint density at radius 1 is 1.19 bits per heavy atom. The lowest BCUT2D eigenvalue weighted by molar-refractivity contribution is 0.171. The van der Waals surface area contributed by atoms with Gasteiger partial charge in [0.1, 0.15) is 13.2 Å². The number of benzene rings is 1. The minimum atomic E-state index is 0.0272. The lowest BCUT2D eigenvalue weighted by Crippen LogP contribution is -2.17. The Hall–Kier alpha value is -1.26. The monoisotopic (exact) mass is 222 g/mol. The maximum Gasteiger partial charge on any atom is 0.161 e. The molecule has 0 fully saturated rings. The van der Waals surface area contributed by atoms with E-state index >= 15 is 0 Å². The average Bonchev–Trinajstić information content (AvgIpc) is 2.35. The highest BCUT2D eigenvalue weighted by molar-refractivity contribution is 5.44. The summed E-state index contributed by atoms with van der Waals surface area (Å²) in [4.78, 5) is 0. The van der Waals surface area contributed by atoms with Gasteiger partial charge >= 0.3 is 0 Å². The summed E-state index contributed by atoms with van der Waals surface area (Å²) in [6.07, 6.45) is 1.84. The molecule has 2 rings (SSSR count). The maximum atomic E-state index is 6.06. The molecule has 1 aliphatic rings. The second-order valence-electron chi connectivity index (χ2n) is 3.94. The highest BCUT2D eigenvalue weighted by Crippen LogP contribution is 2.32. The van der Waals surface area contributed by atoms with E-state index in [2.05, 4.69) is 0 Å². The molecule has 0 amide bonds. The molecule has 0 aromatic heterocycles. The normalized spacial score (nSPS) is 15.9. The minimum Gasteiger partial charge on any atom is -0.486 e. The van der Waals surface area contributed by atoms with Gasteiger partial charge in [0.15, 0.2) is 11.5 Å². The summed E-state index contributed by atoms with van der Waals surface area (Å²) in [5.74, 6) is 1.60. The molecule has 0 saturated carbocycles. The Labute approximate surface area is 95.5 Å². The fourth-order valence-corrected chi connectivity index (χ4v) is 1.80. The van der Waals surface area contributed by atoms with Crippen molar-refractivity contribution in [1.29, 1.82) is 0 Å². The third-order valence-electron chi connectivity index (χ3n) is 2.71. The van der Waals surface area contributed by atoms with Gasteiger partial charge in [0, 0.05) is 6.04 Å². The summed E-state index contributed by atoms with van der Waals surface area (Å²) in [6, 6.07) is 5.91. The number of nitrogens with two attached hydrogens (primary N) is 2. The van der Waals surface area contributed by atoms with Crippen LogP contribution in [0.3, 0.4) is 0 Å². The maximum absolute atomic E-state index is 6.06. The van der Waals surface area contributed by atoms with Crippen LogP contribution in [-0.2, 0) is 0 Å². The molecule has 0 saturated heterocycles. The number of hydrogen-bond donors (Lipinski definition) is 2. The molecular formula is C12H18N2O2. The van der Waals surface area contributed by atoms with Crippen molar-refractivity contribution in [3.8, 4) is 11.5 Å². The van der Waals surface area contributed by atoms with E-state index in [-0.39, 0.29) is 6.04 Å². The summed E-state index contributed by atoms with van der Waals surface area (Å²) in [5.41, 5.74) is 12.6. The van der Waals surface area contributed by atoms with Crippen molar-refractivity contribution in [2.75, 3.05) is 19.8 Å². The number of rotatable bonds is 4. The third kappa shape index (κ3) is 2.46. The van der Waals surface area contributed by atoms with E-state index in [4.69, 9.17) is 20.9 Å². The zero-order valence-electron chi connectivity index (χ0n) is 9.32. The highest BCUT2D eigenvalue weighted by atomic mass is 16.6. The Morgan fingerprint density at radius 3 is 2.69 bits per heavy atom. The zero-order chi connectivity index (χ0) is 11.4. The van der Waals surface area contributed by atoms with Crippen LogP contribution < -0.4 is 20.9 Å². The summed E-state index contributed by atoms with van der Waals surface area (Å²) in [6.45, 7) is 1.90. The van der Waals surface area contributed by atoms with Gasteiger partial charge in [0.2, 0.25) is 0 Å². The molecule has 1 atom stereocenters.